The maximum absolute atomic E-state index is 11.3. The number of rotatable bonds is 2. The van der Waals surface area contributed by atoms with Gasteiger partial charge in [0.05, 0.1) is 12.2 Å². The zero-order valence-electron chi connectivity index (χ0n) is 10.4. The molecule has 0 spiro atoms. The van der Waals surface area contributed by atoms with E-state index in [0.717, 1.165) is 19.4 Å². The number of aromatic nitrogens is 2. The van der Waals surface area contributed by atoms with Gasteiger partial charge in [0.1, 0.15) is 0 Å². The summed E-state index contributed by atoms with van der Waals surface area (Å²) < 4.78 is 0. The maximum Gasteiger partial charge on any atom is 0.325 e. The standard InChI is InChI=1S/C13H15N3O2S/c17-12-7-9(14-13(18)15-12)8-16-5-2-1-3-11-10(16)4-6-19-11/h4,6-7H,1-3,5,8H2,(H2,14,15,17,18). The number of hydrogen-bond acceptors (Lipinski definition) is 4. The quantitative estimate of drug-likeness (QED) is 0.873. The molecule has 0 saturated heterocycles. The van der Waals surface area contributed by atoms with Crippen molar-refractivity contribution < 1.29 is 0 Å². The molecule has 3 heterocycles. The van der Waals surface area contributed by atoms with Crippen LogP contribution in [0.25, 0.3) is 0 Å². The summed E-state index contributed by atoms with van der Waals surface area (Å²) in [6.07, 6.45) is 3.44. The van der Waals surface area contributed by atoms with Gasteiger partial charge in [0.15, 0.2) is 0 Å². The number of H-pyrrole nitrogens is 2. The zero-order valence-corrected chi connectivity index (χ0v) is 11.3. The van der Waals surface area contributed by atoms with Crippen molar-refractivity contribution in [2.75, 3.05) is 11.4 Å². The van der Waals surface area contributed by atoms with Crippen LogP contribution >= 0.6 is 11.3 Å². The average molecular weight is 277 g/mol. The molecule has 3 rings (SSSR count). The predicted molar refractivity (Wildman–Crippen MR) is 76.0 cm³/mol. The maximum atomic E-state index is 11.3. The van der Waals surface area contributed by atoms with Gasteiger partial charge < -0.3 is 9.88 Å². The number of thiophene rings is 1. The van der Waals surface area contributed by atoms with E-state index >= 15 is 0 Å². The molecular formula is C13H15N3O2S. The first-order chi connectivity index (χ1) is 9.22. The van der Waals surface area contributed by atoms with Gasteiger partial charge in [0.25, 0.3) is 5.56 Å². The van der Waals surface area contributed by atoms with Gasteiger partial charge >= 0.3 is 5.69 Å². The summed E-state index contributed by atoms with van der Waals surface area (Å²) in [6.45, 7) is 1.53. The van der Waals surface area contributed by atoms with Gasteiger partial charge in [-0.15, -0.1) is 11.3 Å². The molecular weight excluding hydrogens is 262 g/mol. The Bertz CT molecular complexity index is 657. The second-order valence-electron chi connectivity index (χ2n) is 4.72. The molecule has 6 heteroatoms. The molecule has 0 aliphatic carbocycles. The fraction of sp³-hybridized carbons (Fsp3) is 0.385. The van der Waals surface area contributed by atoms with E-state index in [-0.39, 0.29) is 5.56 Å². The molecule has 0 fully saturated rings. The highest BCUT2D eigenvalue weighted by atomic mass is 32.1. The highest BCUT2D eigenvalue weighted by Crippen LogP contribution is 2.31. The summed E-state index contributed by atoms with van der Waals surface area (Å²) in [7, 11) is 0. The zero-order chi connectivity index (χ0) is 13.2. The molecule has 2 aromatic heterocycles. The molecule has 0 bridgehead atoms. The molecule has 1 aliphatic heterocycles. The molecule has 2 aromatic rings. The highest BCUT2D eigenvalue weighted by Gasteiger charge is 2.16. The van der Waals surface area contributed by atoms with E-state index in [1.165, 1.54) is 23.1 Å². The largest absolute Gasteiger partial charge is 0.365 e. The van der Waals surface area contributed by atoms with Crippen LogP contribution < -0.4 is 16.1 Å². The topological polar surface area (TPSA) is 69.0 Å². The van der Waals surface area contributed by atoms with Gasteiger partial charge in [-0.1, -0.05) is 0 Å². The van der Waals surface area contributed by atoms with Gasteiger partial charge in [0, 0.05) is 23.2 Å². The van der Waals surface area contributed by atoms with Gasteiger partial charge in [-0.2, -0.15) is 0 Å². The average Bonchev–Trinajstić information content (AvgIpc) is 2.73. The van der Waals surface area contributed by atoms with Crippen molar-refractivity contribution in [3.8, 4) is 0 Å². The summed E-state index contributed by atoms with van der Waals surface area (Å²) >= 11 is 1.78. The summed E-state index contributed by atoms with van der Waals surface area (Å²) in [5.74, 6) is 0. The Morgan fingerprint density at radius 1 is 1.26 bits per heavy atom. The smallest absolute Gasteiger partial charge is 0.325 e. The molecule has 0 radical (unpaired) electrons. The van der Waals surface area contributed by atoms with Crippen molar-refractivity contribution in [1.82, 2.24) is 9.97 Å². The van der Waals surface area contributed by atoms with E-state index in [2.05, 4.69) is 26.3 Å². The van der Waals surface area contributed by atoms with Crippen LogP contribution in [0.15, 0.2) is 27.1 Å². The van der Waals surface area contributed by atoms with Crippen LogP contribution in [0.5, 0.6) is 0 Å². The van der Waals surface area contributed by atoms with Crippen LogP contribution in [0.2, 0.25) is 0 Å². The van der Waals surface area contributed by atoms with Crippen LogP contribution in [0.4, 0.5) is 5.69 Å². The molecule has 0 aromatic carbocycles. The molecule has 2 N–H and O–H groups in total. The van der Waals surface area contributed by atoms with Crippen molar-refractivity contribution >= 4 is 17.0 Å². The minimum absolute atomic E-state index is 0.348. The van der Waals surface area contributed by atoms with Crippen molar-refractivity contribution in [1.29, 1.82) is 0 Å². The Morgan fingerprint density at radius 2 is 2.16 bits per heavy atom. The van der Waals surface area contributed by atoms with E-state index in [1.807, 2.05) is 0 Å². The lowest BCUT2D eigenvalue weighted by molar-refractivity contribution is 0.705. The molecule has 0 amide bonds. The third kappa shape index (κ3) is 2.63. The minimum Gasteiger partial charge on any atom is -0.365 e. The fourth-order valence-electron chi connectivity index (χ4n) is 2.49. The van der Waals surface area contributed by atoms with Crippen LogP contribution in [-0.2, 0) is 13.0 Å². The number of aromatic amines is 2. The highest BCUT2D eigenvalue weighted by molar-refractivity contribution is 7.10. The van der Waals surface area contributed by atoms with Crippen molar-refractivity contribution in [2.24, 2.45) is 0 Å². The molecule has 100 valence electrons. The SMILES string of the molecule is O=c1cc(CN2CCCCc3sccc32)[nH]c(=O)[nH]1. The number of nitrogens with one attached hydrogen (secondary N) is 2. The molecule has 0 unspecified atom stereocenters. The van der Waals surface area contributed by atoms with E-state index in [1.54, 1.807) is 11.3 Å². The van der Waals surface area contributed by atoms with Gasteiger partial charge in [0.2, 0.25) is 0 Å². The lowest BCUT2D eigenvalue weighted by Crippen LogP contribution is -2.28. The van der Waals surface area contributed by atoms with E-state index < -0.39 is 5.69 Å². The van der Waals surface area contributed by atoms with Gasteiger partial charge in [-0.25, -0.2) is 4.79 Å². The lowest BCUT2D eigenvalue weighted by atomic mass is 10.2. The van der Waals surface area contributed by atoms with E-state index in [0.29, 0.717) is 12.2 Å². The number of anilines is 1. The van der Waals surface area contributed by atoms with Crippen molar-refractivity contribution in [3.63, 3.8) is 0 Å². The Kier molecular flexibility index (Phi) is 3.25. The number of hydrogen-bond donors (Lipinski definition) is 2. The predicted octanol–water partition coefficient (Wildman–Crippen LogP) is 1.47. The Hall–Kier alpha value is -1.82. The summed E-state index contributed by atoms with van der Waals surface area (Å²) in [5, 5.41) is 2.10. The third-order valence-electron chi connectivity index (χ3n) is 3.32. The summed E-state index contributed by atoms with van der Waals surface area (Å²) in [5.41, 5.74) is 1.11. The van der Waals surface area contributed by atoms with E-state index in [9.17, 15) is 9.59 Å². The first-order valence-electron chi connectivity index (χ1n) is 6.36. The van der Waals surface area contributed by atoms with Crippen molar-refractivity contribution in [2.45, 2.75) is 25.8 Å². The normalized spacial score (nSPS) is 15.1. The minimum atomic E-state index is -0.442. The second-order valence-corrected chi connectivity index (χ2v) is 5.72. The molecule has 19 heavy (non-hydrogen) atoms. The molecule has 1 aliphatic rings. The number of nitrogens with zero attached hydrogens (tertiary/aromatic N) is 1. The van der Waals surface area contributed by atoms with Crippen LogP contribution in [0.1, 0.15) is 23.4 Å². The van der Waals surface area contributed by atoms with E-state index in [4.69, 9.17) is 0 Å². The third-order valence-corrected chi connectivity index (χ3v) is 4.29. The molecule has 0 atom stereocenters. The Morgan fingerprint density at radius 3 is 3.00 bits per heavy atom. The lowest BCUT2D eigenvalue weighted by Gasteiger charge is -2.22. The second kappa shape index (κ2) is 5.05. The molecule has 0 saturated carbocycles. The fourth-order valence-corrected chi connectivity index (χ4v) is 3.43. The first kappa shape index (κ1) is 12.2. The Balaban J connectivity index is 1.91. The van der Waals surface area contributed by atoms with Crippen molar-refractivity contribution in [3.05, 3.63) is 48.9 Å². The Labute approximate surface area is 113 Å². The van der Waals surface area contributed by atoms with Crippen LogP contribution in [0.3, 0.4) is 0 Å². The monoisotopic (exact) mass is 277 g/mol. The summed E-state index contributed by atoms with van der Waals surface area (Å²) in [6, 6.07) is 3.58. The number of fused-ring (bicyclic) bond motifs is 1. The number of aryl methyl sites for hydroxylation is 1. The summed E-state index contributed by atoms with van der Waals surface area (Å²) in [4.78, 5) is 31.1. The van der Waals surface area contributed by atoms with Crippen LogP contribution in [-0.4, -0.2) is 16.5 Å². The van der Waals surface area contributed by atoms with Gasteiger partial charge in [-0.3, -0.25) is 9.78 Å². The molecule has 5 nitrogen and oxygen atoms in total. The van der Waals surface area contributed by atoms with Crippen LogP contribution in [0, 0.1) is 0 Å². The van der Waals surface area contributed by atoms with Gasteiger partial charge in [-0.05, 0) is 30.7 Å². The first-order valence-corrected chi connectivity index (χ1v) is 7.24.